The summed E-state index contributed by atoms with van der Waals surface area (Å²) in [5.41, 5.74) is 2.87. The Labute approximate surface area is 242 Å². The number of nitrogens with zero attached hydrogens (tertiary/aromatic N) is 1. The zero-order valence-electron chi connectivity index (χ0n) is 20.3. The van der Waals surface area contributed by atoms with Crippen LogP contribution in [0.5, 0.6) is 11.5 Å². The maximum atomic E-state index is 12.5. The molecule has 2 amide bonds. The van der Waals surface area contributed by atoms with Crippen LogP contribution in [0.15, 0.2) is 69.0 Å². The number of amides is 2. The maximum absolute atomic E-state index is 12.5. The Bertz CT molecular complexity index is 1440. The summed E-state index contributed by atoms with van der Waals surface area (Å²) in [6.07, 6.45) is 1.73. The predicted octanol–water partition coefficient (Wildman–Crippen LogP) is 7.37. The van der Waals surface area contributed by atoms with E-state index in [2.05, 4.69) is 31.6 Å². The van der Waals surface area contributed by atoms with E-state index in [1.807, 2.05) is 19.9 Å². The number of amidine groups is 1. The fourth-order valence-electron chi connectivity index (χ4n) is 3.34. The minimum atomic E-state index is -0.350. The molecular weight excluding hydrogens is 613 g/mol. The molecule has 196 valence electrons. The summed E-state index contributed by atoms with van der Waals surface area (Å²) in [6, 6.07) is 15.8. The molecule has 0 spiro atoms. The molecule has 4 rings (SSSR count). The summed E-state index contributed by atoms with van der Waals surface area (Å²) >= 11 is 16.8. The number of aryl methyl sites for hydroxylation is 1. The van der Waals surface area contributed by atoms with Gasteiger partial charge in [0, 0.05) is 15.7 Å². The molecule has 7 nitrogen and oxygen atoms in total. The number of aliphatic imine (C=N–C) groups is 1. The molecule has 1 fully saturated rings. The van der Waals surface area contributed by atoms with Gasteiger partial charge < -0.3 is 20.1 Å². The van der Waals surface area contributed by atoms with Gasteiger partial charge in [-0.05, 0) is 107 Å². The normalized spacial score (nSPS) is 15.0. The van der Waals surface area contributed by atoms with Crippen molar-refractivity contribution in [2.24, 2.45) is 4.99 Å². The minimum absolute atomic E-state index is 0.243. The molecule has 1 heterocycles. The van der Waals surface area contributed by atoms with E-state index in [1.165, 1.54) is 11.8 Å². The van der Waals surface area contributed by atoms with Crippen molar-refractivity contribution in [1.82, 2.24) is 5.32 Å². The number of anilines is 1. The van der Waals surface area contributed by atoms with E-state index >= 15 is 0 Å². The SMILES string of the molecule is CCOc1cc(/C=C2\SC(=Nc3ccc(Cl)cc3)NC2=O)cc(Br)c1OCC(=O)Nc1ccc(C)c(Cl)c1. The third-order valence-electron chi connectivity index (χ3n) is 5.14. The van der Waals surface area contributed by atoms with Gasteiger partial charge in [-0.3, -0.25) is 9.59 Å². The fraction of sp³-hybridized carbons (Fsp3) is 0.148. The van der Waals surface area contributed by atoms with Gasteiger partial charge in [-0.1, -0.05) is 29.3 Å². The van der Waals surface area contributed by atoms with Gasteiger partial charge >= 0.3 is 0 Å². The molecule has 1 aliphatic heterocycles. The number of thioether (sulfide) groups is 1. The molecule has 3 aromatic rings. The molecule has 0 unspecified atom stereocenters. The topological polar surface area (TPSA) is 89.0 Å². The molecule has 0 aliphatic carbocycles. The standard InChI is InChI=1S/C27H22BrCl2N3O4S/c1-3-36-22-11-16(12-23-26(35)33-27(38-23)32-18-8-5-17(29)6-9-18)10-20(28)25(22)37-14-24(34)31-19-7-4-15(2)21(30)13-19/h4-13H,3,14H2,1-2H3,(H,31,34)(H,32,33,35)/b23-12-. The van der Waals surface area contributed by atoms with Crippen LogP contribution < -0.4 is 20.1 Å². The van der Waals surface area contributed by atoms with Crippen molar-refractivity contribution < 1.29 is 19.1 Å². The largest absolute Gasteiger partial charge is 0.490 e. The average Bonchev–Trinajstić information content (AvgIpc) is 3.20. The molecule has 38 heavy (non-hydrogen) atoms. The first-order valence-corrected chi connectivity index (χ1v) is 13.8. The summed E-state index contributed by atoms with van der Waals surface area (Å²) in [4.78, 5) is 29.9. The van der Waals surface area contributed by atoms with E-state index in [0.717, 1.165) is 5.56 Å². The smallest absolute Gasteiger partial charge is 0.264 e. The Morgan fingerprint density at radius 1 is 1.13 bits per heavy atom. The van der Waals surface area contributed by atoms with Crippen molar-refractivity contribution >= 4 is 85.3 Å². The highest BCUT2D eigenvalue weighted by Crippen LogP contribution is 2.38. The monoisotopic (exact) mass is 633 g/mol. The van der Waals surface area contributed by atoms with Crippen molar-refractivity contribution in [3.63, 3.8) is 0 Å². The Balaban J connectivity index is 1.48. The number of hydrogen-bond acceptors (Lipinski definition) is 6. The van der Waals surface area contributed by atoms with Gasteiger partial charge in [0.2, 0.25) is 0 Å². The lowest BCUT2D eigenvalue weighted by atomic mass is 10.2. The van der Waals surface area contributed by atoms with Crippen LogP contribution in [-0.2, 0) is 9.59 Å². The predicted molar refractivity (Wildman–Crippen MR) is 158 cm³/mol. The first-order chi connectivity index (χ1) is 18.2. The van der Waals surface area contributed by atoms with Crippen molar-refractivity contribution in [2.75, 3.05) is 18.5 Å². The van der Waals surface area contributed by atoms with Crippen molar-refractivity contribution in [3.8, 4) is 11.5 Å². The van der Waals surface area contributed by atoms with E-state index in [0.29, 0.717) is 59.6 Å². The van der Waals surface area contributed by atoms with Gasteiger partial charge in [0.15, 0.2) is 23.3 Å². The van der Waals surface area contributed by atoms with Gasteiger partial charge in [0.25, 0.3) is 11.8 Å². The summed E-state index contributed by atoms with van der Waals surface area (Å²) in [5.74, 6) is 0.194. The summed E-state index contributed by atoms with van der Waals surface area (Å²) < 4.78 is 12.1. The third-order valence-corrected chi connectivity index (χ3v) is 7.30. The Hall–Kier alpha value is -2.98. The molecule has 11 heteroatoms. The van der Waals surface area contributed by atoms with Crippen molar-refractivity contribution in [2.45, 2.75) is 13.8 Å². The number of benzene rings is 3. The molecule has 0 atom stereocenters. The van der Waals surface area contributed by atoms with Gasteiger partial charge in [-0.15, -0.1) is 0 Å². The number of carbonyl (C=O) groups is 2. The highest BCUT2D eigenvalue weighted by molar-refractivity contribution is 9.10. The van der Waals surface area contributed by atoms with Gasteiger partial charge in [-0.2, -0.15) is 0 Å². The van der Waals surface area contributed by atoms with E-state index < -0.39 is 0 Å². The van der Waals surface area contributed by atoms with Crippen molar-refractivity contribution in [1.29, 1.82) is 0 Å². The quantitative estimate of drug-likeness (QED) is 0.253. The molecule has 2 N–H and O–H groups in total. The van der Waals surface area contributed by atoms with E-state index in [1.54, 1.807) is 54.6 Å². The van der Waals surface area contributed by atoms with E-state index in [4.69, 9.17) is 32.7 Å². The first kappa shape index (κ1) is 28.0. The van der Waals surface area contributed by atoms with Crippen LogP contribution >= 0.6 is 50.9 Å². The third kappa shape index (κ3) is 7.32. The molecule has 0 aromatic heterocycles. The lowest BCUT2D eigenvalue weighted by Gasteiger charge is -2.15. The fourth-order valence-corrected chi connectivity index (χ4v) is 5.07. The molecule has 0 bridgehead atoms. The number of ether oxygens (including phenoxy) is 2. The van der Waals surface area contributed by atoms with E-state index in [-0.39, 0.29) is 18.4 Å². The second kappa shape index (κ2) is 12.7. The van der Waals surface area contributed by atoms with Gasteiger partial charge in [0.05, 0.1) is 21.7 Å². The second-order valence-electron chi connectivity index (χ2n) is 8.02. The van der Waals surface area contributed by atoms with E-state index in [9.17, 15) is 9.59 Å². The Morgan fingerprint density at radius 3 is 2.61 bits per heavy atom. The number of carbonyl (C=O) groups excluding carboxylic acids is 2. The molecule has 3 aromatic carbocycles. The highest BCUT2D eigenvalue weighted by atomic mass is 79.9. The van der Waals surface area contributed by atoms with Crippen LogP contribution in [0.3, 0.4) is 0 Å². The lowest BCUT2D eigenvalue weighted by Crippen LogP contribution is -2.20. The van der Waals surface area contributed by atoms with Crippen LogP contribution in [-0.4, -0.2) is 30.2 Å². The van der Waals surface area contributed by atoms with Crippen LogP contribution in [0.25, 0.3) is 6.08 Å². The Kier molecular flexibility index (Phi) is 9.38. The number of nitrogens with one attached hydrogen (secondary N) is 2. The average molecular weight is 635 g/mol. The molecule has 1 aliphatic rings. The highest BCUT2D eigenvalue weighted by Gasteiger charge is 2.24. The van der Waals surface area contributed by atoms with Gasteiger partial charge in [0.1, 0.15) is 0 Å². The van der Waals surface area contributed by atoms with Crippen LogP contribution in [0.1, 0.15) is 18.1 Å². The van der Waals surface area contributed by atoms with Crippen LogP contribution in [0.4, 0.5) is 11.4 Å². The molecular formula is C27H22BrCl2N3O4S. The molecule has 0 radical (unpaired) electrons. The maximum Gasteiger partial charge on any atom is 0.264 e. The summed E-state index contributed by atoms with van der Waals surface area (Å²) in [7, 11) is 0. The second-order valence-corrected chi connectivity index (χ2v) is 10.8. The molecule has 1 saturated heterocycles. The van der Waals surface area contributed by atoms with Gasteiger partial charge in [-0.25, -0.2) is 4.99 Å². The zero-order valence-corrected chi connectivity index (χ0v) is 24.2. The lowest BCUT2D eigenvalue weighted by molar-refractivity contribution is -0.118. The number of halogens is 3. The minimum Gasteiger partial charge on any atom is -0.490 e. The first-order valence-electron chi connectivity index (χ1n) is 11.4. The summed E-state index contributed by atoms with van der Waals surface area (Å²) in [6.45, 7) is 3.86. The summed E-state index contributed by atoms with van der Waals surface area (Å²) in [5, 5.41) is 7.16. The van der Waals surface area contributed by atoms with Crippen LogP contribution in [0.2, 0.25) is 10.0 Å². The Morgan fingerprint density at radius 2 is 1.89 bits per heavy atom. The number of rotatable bonds is 8. The number of hydrogen-bond donors (Lipinski definition) is 2. The van der Waals surface area contributed by atoms with Crippen molar-refractivity contribution in [3.05, 3.63) is 85.1 Å². The van der Waals surface area contributed by atoms with Crippen LogP contribution in [0, 0.1) is 6.92 Å². The zero-order chi connectivity index (χ0) is 27.2. The molecule has 0 saturated carbocycles.